The number of anilines is 1. The molecule has 1 aromatic carbocycles. The van der Waals surface area contributed by atoms with Crippen molar-refractivity contribution < 1.29 is 19.7 Å². The highest BCUT2D eigenvalue weighted by Gasteiger charge is 2.22. The van der Waals surface area contributed by atoms with E-state index >= 15 is 0 Å². The van der Waals surface area contributed by atoms with Crippen molar-refractivity contribution in [1.82, 2.24) is 0 Å². The van der Waals surface area contributed by atoms with Crippen LogP contribution in [0.5, 0.6) is 5.75 Å². The molecule has 0 bridgehead atoms. The second-order valence-corrected chi connectivity index (χ2v) is 3.68. The fourth-order valence-corrected chi connectivity index (χ4v) is 1.47. The van der Waals surface area contributed by atoms with Gasteiger partial charge in [0.1, 0.15) is 11.9 Å². The van der Waals surface area contributed by atoms with E-state index in [2.05, 4.69) is 0 Å². The molecular formula is C11H16N2O4. The molecule has 0 aliphatic heterocycles. The topological polar surface area (TPSA) is 119 Å². The second kappa shape index (κ2) is 5.51. The molecule has 0 saturated heterocycles. The van der Waals surface area contributed by atoms with Gasteiger partial charge in [-0.3, -0.25) is 4.79 Å². The zero-order chi connectivity index (χ0) is 13.0. The number of aliphatic hydroxyl groups is 2. The van der Waals surface area contributed by atoms with Gasteiger partial charge < -0.3 is 26.4 Å². The quantitative estimate of drug-likeness (QED) is 0.520. The Bertz CT molecular complexity index is 408. The molecule has 17 heavy (non-hydrogen) atoms. The molecule has 2 unspecified atom stereocenters. The van der Waals surface area contributed by atoms with Gasteiger partial charge in [-0.05, 0) is 6.07 Å². The summed E-state index contributed by atoms with van der Waals surface area (Å²) in [5.74, 6) is -0.147. The van der Waals surface area contributed by atoms with Gasteiger partial charge in [-0.2, -0.15) is 0 Å². The van der Waals surface area contributed by atoms with E-state index < -0.39 is 18.1 Å². The Kier molecular flexibility index (Phi) is 4.30. The van der Waals surface area contributed by atoms with E-state index in [0.717, 1.165) is 0 Å². The molecule has 0 heterocycles. The van der Waals surface area contributed by atoms with Crippen LogP contribution in [-0.2, 0) is 4.79 Å². The average Bonchev–Trinajstić information content (AvgIpc) is 2.27. The van der Waals surface area contributed by atoms with Crippen molar-refractivity contribution in [2.45, 2.75) is 18.6 Å². The number of primary amides is 1. The van der Waals surface area contributed by atoms with Crippen LogP contribution in [0, 0.1) is 0 Å². The van der Waals surface area contributed by atoms with Crippen LogP contribution in [0.1, 0.15) is 18.1 Å². The Morgan fingerprint density at radius 2 is 2.12 bits per heavy atom. The lowest BCUT2D eigenvalue weighted by Gasteiger charge is -2.18. The molecule has 2 atom stereocenters. The van der Waals surface area contributed by atoms with Crippen LogP contribution >= 0.6 is 0 Å². The highest BCUT2D eigenvalue weighted by molar-refractivity contribution is 5.74. The van der Waals surface area contributed by atoms with Crippen molar-refractivity contribution >= 4 is 11.6 Å². The number of carbonyl (C=O) groups is 1. The van der Waals surface area contributed by atoms with E-state index in [1.165, 1.54) is 19.2 Å². The molecule has 1 rings (SSSR count). The summed E-state index contributed by atoms with van der Waals surface area (Å²) in [7, 11) is 1.49. The molecule has 0 spiro atoms. The summed E-state index contributed by atoms with van der Waals surface area (Å²) >= 11 is 0. The third-order valence-corrected chi connectivity index (χ3v) is 2.39. The molecule has 0 aromatic heterocycles. The van der Waals surface area contributed by atoms with Gasteiger partial charge in [-0.15, -0.1) is 0 Å². The highest BCUT2D eigenvalue weighted by atomic mass is 16.5. The van der Waals surface area contributed by atoms with Gasteiger partial charge in [0.05, 0.1) is 19.6 Å². The number of carbonyl (C=O) groups excluding carboxylic acids is 1. The van der Waals surface area contributed by atoms with Crippen molar-refractivity contribution in [3.05, 3.63) is 23.8 Å². The maximum absolute atomic E-state index is 10.6. The predicted octanol–water partition coefficient (Wildman–Crippen LogP) is -0.453. The fourth-order valence-electron chi connectivity index (χ4n) is 1.47. The minimum atomic E-state index is -1.27. The first-order chi connectivity index (χ1) is 7.95. The number of amides is 1. The molecule has 0 radical (unpaired) electrons. The smallest absolute Gasteiger partial charge is 0.220 e. The summed E-state index contributed by atoms with van der Waals surface area (Å²) in [5, 5.41) is 19.4. The Hall–Kier alpha value is -1.79. The van der Waals surface area contributed by atoms with E-state index in [1.807, 2.05) is 0 Å². The summed E-state index contributed by atoms with van der Waals surface area (Å²) < 4.78 is 4.96. The fraction of sp³-hybridized carbons (Fsp3) is 0.364. The summed E-state index contributed by atoms with van der Waals surface area (Å²) in [6.07, 6.45) is -2.86. The largest absolute Gasteiger partial charge is 0.497 e. The Morgan fingerprint density at radius 3 is 2.59 bits per heavy atom. The summed E-state index contributed by atoms with van der Waals surface area (Å²) in [4.78, 5) is 10.6. The van der Waals surface area contributed by atoms with Gasteiger partial charge in [-0.1, -0.05) is 6.07 Å². The van der Waals surface area contributed by atoms with Crippen LogP contribution in [0.15, 0.2) is 18.2 Å². The molecule has 6 nitrogen and oxygen atoms in total. The van der Waals surface area contributed by atoms with E-state index in [-0.39, 0.29) is 12.1 Å². The van der Waals surface area contributed by atoms with Crippen LogP contribution in [0.4, 0.5) is 5.69 Å². The Balaban J connectivity index is 2.88. The Morgan fingerprint density at radius 1 is 1.47 bits per heavy atom. The minimum Gasteiger partial charge on any atom is -0.497 e. The molecular weight excluding hydrogens is 224 g/mol. The van der Waals surface area contributed by atoms with Crippen molar-refractivity contribution in [1.29, 1.82) is 0 Å². The standard InChI is InChI=1S/C11H16N2O4/c1-17-6-2-3-7(8(12)4-6)11(16)9(14)5-10(13)15/h2-4,9,11,14,16H,5,12H2,1H3,(H2,13,15). The predicted molar refractivity (Wildman–Crippen MR) is 62.2 cm³/mol. The van der Waals surface area contributed by atoms with Gasteiger partial charge in [0.25, 0.3) is 0 Å². The van der Waals surface area contributed by atoms with E-state index in [4.69, 9.17) is 16.2 Å². The molecule has 0 aliphatic rings. The van der Waals surface area contributed by atoms with Gasteiger partial charge >= 0.3 is 0 Å². The van der Waals surface area contributed by atoms with Gasteiger partial charge in [0, 0.05) is 17.3 Å². The zero-order valence-electron chi connectivity index (χ0n) is 9.46. The number of methoxy groups -OCH3 is 1. The summed E-state index contributed by atoms with van der Waals surface area (Å²) in [6, 6.07) is 4.66. The van der Waals surface area contributed by atoms with Gasteiger partial charge in [0.2, 0.25) is 5.91 Å². The number of hydrogen-bond acceptors (Lipinski definition) is 5. The number of nitrogens with two attached hydrogens (primary N) is 2. The average molecular weight is 240 g/mol. The third-order valence-electron chi connectivity index (χ3n) is 2.39. The zero-order valence-corrected chi connectivity index (χ0v) is 9.46. The van der Waals surface area contributed by atoms with E-state index in [0.29, 0.717) is 11.3 Å². The molecule has 6 heteroatoms. The molecule has 0 fully saturated rings. The van der Waals surface area contributed by atoms with Crippen LogP contribution in [0.3, 0.4) is 0 Å². The first-order valence-corrected chi connectivity index (χ1v) is 5.03. The second-order valence-electron chi connectivity index (χ2n) is 3.68. The van der Waals surface area contributed by atoms with Crippen LogP contribution in [-0.4, -0.2) is 29.3 Å². The number of hydrogen-bond donors (Lipinski definition) is 4. The third kappa shape index (κ3) is 3.33. The van der Waals surface area contributed by atoms with E-state index in [9.17, 15) is 15.0 Å². The lowest BCUT2D eigenvalue weighted by atomic mass is 10.00. The lowest BCUT2D eigenvalue weighted by molar-refractivity contribution is -0.121. The molecule has 0 saturated carbocycles. The normalized spacial score (nSPS) is 14.1. The number of rotatable bonds is 5. The molecule has 94 valence electrons. The van der Waals surface area contributed by atoms with Crippen molar-refractivity contribution in [2.75, 3.05) is 12.8 Å². The maximum Gasteiger partial charge on any atom is 0.220 e. The number of aliphatic hydroxyl groups excluding tert-OH is 2. The SMILES string of the molecule is COc1ccc(C(O)C(O)CC(N)=O)c(N)c1. The minimum absolute atomic E-state index is 0.278. The van der Waals surface area contributed by atoms with Crippen LogP contribution < -0.4 is 16.2 Å². The van der Waals surface area contributed by atoms with Crippen LogP contribution in [0.25, 0.3) is 0 Å². The monoisotopic (exact) mass is 240 g/mol. The lowest BCUT2D eigenvalue weighted by Crippen LogP contribution is -2.26. The summed E-state index contributed by atoms with van der Waals surface area (Å²) in [5.41, 5.74) is 11.2. The Labute approximate surface area is 98.8 Å². The first-order valence-electron chi connectivity index (χ1n) is 5.03. The van der Waals surface area contributed by atoms with Crippen molar-refractivity contribution in [3.8, 4) is 5.75 Å². The van der Waals surface area contributed by atoms with Crippen molar-refractivity contribution in [2.24, 2.45) is 5.73 Å². The van der Waals surface area contributed by atoms with Gasteiger partial charge in [-0.25, -0.2) is 0 Å². The van der Waals surface area contributed by atoms with Crippen LogP contribution in [0.2, 0.25) is 0 Å². The van der Waals surface area contributed by atoms with Crippen molar-refractivity contribution in [3.63, 3.8) is 0 Å². The highest BCUT2D eigenvalue weighted by Crippen LogP contribution is 2.27. The number of nitrogen functional groups attached to an aromatic ring is 1. The maximum atomic E-state index is 10.6. The molecule has 1 aromatic rings. The molecule has 1 amide bonds. The summed E-state index contributed by atoms with van der Waals surface area (Å²) in [6.45, 7) is 0. The van der Waals surface area contributed by atoms with Gasteiger partial charge in [0.15, 0.2) is 0 Å². The first kappa shape index (κ1) is 13.3. The number of benzene rings is 1. The molecule has 0 aliphatic carbocycles. The molecule has 6 N–H and O–H groups in total. The number of ether oxygens (including phenoxy) is 1. The van der Waals surface area contributed by atoms with E-state index in [1.54, 1.807) is 6.07 Å².